The van der Waals surface area contributed by atoms with Gasteiger partial charge < -0.3 is 16.0 Å². The monoisotopic (exact) mass is 529 g/mol. The van der Waals surface area contributed by atoms with Gasteiger partial charge in [-0.05, 0) is 44.4 Å². The van der Waals surface area contributed by atoms with Crippen molar-refractivity contribution in [3.8, 4) is 0 Å². The SMILES string of the molecule is CCNC(=NCc1cccc(C(=O)NC(C)CC)c1)NCc1ncc(CC)s1.I. The summed E-state index contributed by atoms with van der Waals surface area (Å²) in [7, 11) is 0. The average Bonchev–Trinajstić information content (AvgIpc) is 3.18. The second kappa shape index (κ2) is 13.5. The van der Waals surface area contributed by atoms with Crippen LogP contribution in [0.2, 0.25) is 0 Å². The fourth-order valence-corrected chi connectivity index (χ4v) is 3.29. The van der Waals surface area contributed by atoms with E-state index in [2.05, 4.69) is 39.8 Å². The third-order valence-corrected chi connectivity index (χ3v) is 5.44. The summed E-state index contributed by atoms with van der Waals surface area (Å²) in [6, 6.07) is 7.79. The van der Waals surface area contributed by atoms with Crippen LogP contribution in [0.1, 0.15) is 59.9 Å². The van der Waals surface area contributed by atoms with Gasteiger partial charge in [-0.2, -0.15) is 0 Å². The van der Waals surface area contributed by atoms with Gasteiger partial charge in [0.05, 0.1) is 13.1 Å². The lowest BCUT2D eigenvalue weighted by Gasteiger charge is -2.12. The van der Waals surface area contributed by atoms with E-state index in [0.717, 1.165) is 35.9 Å². The number of thiazole rings is 1. The second-order valence-electron chi connectivity index (χ2n) is 6.61. The van der Waals surface area contributed by atoms with Crippen LogP contribution in [-0.4, -0.2) is 29.4 Å². The highest BCUT2D eigenvalue weighted by Gasteiger charge is 2.09. The molecule has 0 bridgehead atoms. The van der Waals surface area contributed by atoms with E-state index in [-0.39, 0.29) is 35.9 Å². The van der Waals surface area contributed by atoms with Crippen LogP contribution in [-0.2, 0) is 19.5 Å². The summed E-state index contributed by atoms with van der Waals surface area (Å²) in [6.07, 6.45) is 3.85. The van der Waals surface area contributed by atoms with Crippen molar-refractivity contribution in [1.82, 2.24) is 20.9 Å². The average molecular weight is 529 g/mol. The smallest absolute Gasteiger partial charge is 0.251 e. The van der Waals surface area contributed by atoms with Gasteiger partial charge in [-0.25, -0.2) is 9.98 Å². The van der Waals surface area contributed by atoms with E-state index in [1.807, 2.05) is 44.3 Å². The number of carbonyl (C=O) groups is 1. The molecule has 0 saturated heterocycles. The van der Waals surface area contributed by atoms with Crippen molar-refractivity contribution in [2.75, 3.05) is 6.54 Å². The van der Waals surface area contributed by atoms with Crippen LogP contribution in [0, 0.1) is 0 Å². The predicted octanol–water partition coefficient (Wildman–Crippen LogP) is 4.11. The Labute approximate surface area is 195 Å². The first kappa shape index (κ1) is 25.4. The molecule has 0 fully saturated rings. The molecule has 0 aliphatic carbocycles. The van der Waals surface area contributed by atoms with Crippen LogP contribution >= 0.6 is 35.3 Å². The summed E-state index contributed by atoms with van der Waals surface area (Å²) >= 11 is 1.72. The molecule has 0 spiro atoms. The van der Waals surface area contributed by atoms with E-state index in [1.54, 1.807) is 11.3 Å². The second-order valence-corrected chi connectivity index (χ2v) is 7.81. The number of nitrogens with zero attached hydrogens (tertiary/aromatic N) is 2. The van der Waals surface area contributed by atoms with Crippen LogP contribution in [0.5, 0.6) is 0 Å². The molecule has 3 N–H and O–H groups in total. The molecule has 0 saturated carbocycles. The van der Waals surface area contributed by atoms with Crippen molar-refractivity contribution in [1.29, 1.82) is 0 Å². The van der Waals surface area contributed by atoms with Crippen LogP contribution in [0.3, 0.4) is 0 Å². The third kappa shape index (κ3) is 8.69. The minimum atomic E-state index is -0.0410. The zero-order chi connectivity index (χ0) is 20.4. The molecular weight excluding hydrogens is 497 g/mol. The van der Waals surface area contributed by atoms with Gasteiger partial charge in [0.1, 0.15) is 5.01 Å². The Balaban J connectivity index is 0.00000420. The molecule has 0 radical (unpaired) electrons. The molecule has 1 unspecified atom stereocenters. The maximum Gasteiger partial charge on any atom is 0.251 e. The normalized spacial score (nSPS) is 12.1. The molecule has 6 nitrogen and oxygen atoms in total. The van der Waals surface area contributed by atoms with Gasteiger partial charge in [-0.3, -0.25) is 4.79 Å². The largest absolute Gasteiger partial charge is 0.357 e. The molecule has 0 aliphatic rings. The molecule has 1 amide bonds. The van der Waals surface area contributed by atoms with E-state index in [4.69, 9.17) is 0 Å². The van der Waals surface area contributed by atoms with E-state index in [0.29, 0.717) is 18.7 Å². The van der Waals surface area contributed by atoms with Gasteiger partial charge in [-0.15, -0.1) is 35.3 Å². The highest BCUT2D eigenvalue weighted by molar-refractivity contribution is 14.0. The van der Waals surface area contributed by atoms with Gasteiger partial charge in [0.15, 0.2) is 5.96 Å². The fraction of sp³-hybridized carbons (Fsp3) is 0.476. The van der Waals surface area contributed by atoms with E-state index < -0.39 is 0 Å². The standard InChI is InChI=1S/C21H31N5OS.HI/c1-5-15(4)26-20(27)17-10-8-9-16(11-17)12-24-21(22-7-3)25-14-19-23-13-18(6-2)28-19;/h8-11,13,15H,5-7,12,14H2,1-4H3,(H,26,27)(H2,22,24,25);1H. The number of aryl methyl sites for hydroxylation is 1. The van der Waals surface area contributed by atoms with Crippen molar-refractivity contribution >= 4 is 47.2 Å². The van der Waals surface area contributed by atoms with Crippen LogP contribution in [0.25, 0.3) is 0 Å². The number of hydrogen-bond donors (Lipinski definition) is 3. The zero-order valence-electron chi connectivity index (χ0n) is 17.6. The lowest BCUT2D eigenvalue weighted by Crippen LogP contribution is -2.36. The molecule has 160 valence electrons. The number of nitrogens with one attached hydrogen (secondary N) is 3. The predicted molar refractivity (Wildman–Crippen MR) is 132 cm³/mol. The molecule has 1 aromatic heterocycles. The summed E-state index contributed by atoms with van der Waals surface area (Å²) in [6.45, 7) is 10.2. The Morgan fingerprint density at radius 2 is 2.03 bits per heavy atom. The van der Waals surface area contributed by atoms with Gasteiger partial charge in [0.25, 0.3) is 5.91 Å². The van der Waals surface area contributed by atoms with Crippen LogP contribution in [0.4, 0.5) is 0 Å². The van der Waals surface area contributed by atoms with Crippen molar-refractivity contribution < 1.29 is 4.79 Å². The highest BCUT2D eigenvalue weighted by Crippen LogP contribution is 2.13. The van der Waals surface area contributed by atoms with Crippen molar-refractivity contribution in [3.63, 3.8) is 0 Å². The molecule has 1 atom stereocenters. The number of carbonyl (C=O) groups excluding carboxylic acids is 1. The molecule has 8 heteroatoms. The number of benzene rings is 1. The van der Waals surface area contributed by atoms with Gasteiger partial charge in [0.2, 0.25) is 0 Å². The topological polar surface area (TPSA) is 78.4 Å². The third-order valence-electron chi connectivity index (χ3n) is 4.30. The fourth-order valence-electron chi connectivity index (χ4n) is 2.48. The van der Waals surface area contributed by atoms with Gasteiger partial charge in [-0.1, -0.05) is 26.0 Å². The maximum absolute atomic E-state index is 12.3. The van der Waals surface area contributed by atoms with Gasteiger partial charge in [0, 0.05) is 29.2 Å². The molecule has 29 heavy (non-hydrogen) atoms. The van der Waals surface area contributed by atoms with Gasteiger partial charge >= 0.3 is 0 Å². The number of halogens is 1. The van der Waals surface area contributed by atoms with Crippen LogP contribution < -0.4 is 16.0 Å². The molecular formula is C21H32IN5OS. The molecule has 2 aromatic rings. The first-order valence-corrected chi connectivity index (χ1v) is 10.7. The number of amides is 1. The quantitative estimate of drug-likeness (QED) is 0.260. The van der Waals surface area contributed by atoms with Crippen LogP contribution in [0.15, 0.2) is 35.5 Å². The minimum Gasteiger partial charge on any atom is -0.357 e. The Morgan fingerprint density at radius 1 is 1.24 bits per heavy atom. The first-order chi connectivity index (χ1) is 13.5. The van der Waals surface area contributed by atoms with Crippen molar-refractivity contribution in [3.05, 3.63) is 51.5 Å². The molecule has 1 heterocycles. The Hall–Kier alpha value is -1.68. The van der Waals surface area contributed by atoms with Crippen molar-refractivity contribution in [2.45, 2.75) is 59.7 Å². The number of aliphatic imine (C=N–C) groups is 1. The lowest BCUT2D eigenvalue weighted by atomic mass is 10.1. The Bertz CT molecular complexity index is 793. The minimum absolute atomic E-state index is 0. The lowest BCUT2D eigenvalue weighted by molar-refractivity contribution is 0.0939. The Morgan fingerprint density at radius 3 is 2.69 bits per heavy atom. The summed E-state index contributed by atoms with van der Waals surface area (Å²) in [5.74, 6) is 0.700. The van der Waals surface area contributed by atoms with E-state index in [9.17, 15) is 4.79 Å². The summed E-state index contributed by atoms with van der Waals surface area (Å²) in [5, 5.41) is 10.6. The number of guanidine groups is 1. The highest BCUT2D eigenvalue weighted by atomic mass is 127. The zero-order valence-corrected chi connectivity index (χ0v) is 20.8. The molecule has 2 rings (SSSR count). The first-order valence-electron chi connectivity index (χ1n) is 9.91. The summed E-state index contributed by atoms with van der Waals surface area (Å²) in [5.41, 5.74) is 1.66. The number of aromatic nitrogens is 1. The number of rotatable bonds is 9. The van der Waals surface area contributed by atoms with E-state index >= 15 is 0 Å². The molecule has 1 aromatic carbocycles. The number of hydrogen-bond acceptors (Lipinski definition) is 4. The van der Waals surface area contributed by atoms with Crippen molar-refractivity contribution in [2.24, 2.45) is 4.99 Å². The Kier molecular flexibility index (Phi) is 11.8. The maximum atomic E-state index is 12.3. The van der Waals surface area contributed by atoms with E-state index in [1.165, 1.54) is 4.88 Å². The molecule has 0 aliphatic heterocycles. The summed E-state index contributed by atoms with van der Waals surface area (Å²) in [4.78, 5) is 22.7. The summed E-state index contributed by atoms with van der Waals surface area (Å²) < 4.78 is 0.